The van der Waals surface area contributed by atoms with Crippen molar-refractivity contribution < 1.29 is 17.9 Å². The third kappa shape index (κ3) is 4.93. The molecule has 7 heteroatoms. The van der Waals surface area contributed by atoms with Gasteiger partial charge in [0.15, 0.2) is 9.84 Å². The van der Waals surface area contributed by atoms with Crippen molar-refractivity contribution in [2.24, 2.45) is 0 Å². The monoisotopic (exact) mass is 318 g/mol. The van der Waals surface area contributed by atoms with Gasteiger partial charge in [0.05, 0.1) is 11.8 Å². The van der Waals surface area contributed by atoms with Crippen molar-refractivity contribution in [3.8, 4) is 0 Å². The van der Waals surface area contributed by atoms with Gasteiger partial charge in [-0.25, -0.2) is 8.42 Å². The highest BCUT2D eigenvalue weighted by Gasteiger charge is 2.29. The fraction of sp³-hybridized carbons (Fsp3) is 0.929. The van der Waals surface area contributed by atoms with Crippen molar-refractivity contribution in [1.29, 1.82) is 0 Å². The molecular weight excluding hydrogens is 292 g/mol. The Morgan fingerprint density at radius 3 is 2.38 bits per heavy atom. The normalized spacial score (nSPS) is 23.1. The Kier molecular flexibility index (Phi) is 6.01. The number of sulfone groups is 1. The van der Waals surface area contributed by atoms with Crippen LogP contribution in [0.1, 0.15) is 32.6 Å². The highest BCUT2D eigenvalue weighted by Crippen LogP contribution is 2.18. The number of carbonyl (C=O) groups excluding carboxylic acids is 1. The minimum Gasteiger partial charge on any atom is -0.381 e. The smallest absolute Gasteiger partial charge is 0.234 e. The number of hydrogen-bond donors (Lipinski definition) is 1. The van der Waals surface area contributed by atoms with Crippen LogP contribution in [0.4, 0.5) is 0 Å². The molecule has 2 aliphatic rings. The summed E-state index contributed by atoms with van der Waals surface area (Å²) in [5, 5.41) is 2.82. The van der Waals surface area contributed by atoms with Gasteiger partial charge in [-0.1, -0.05) is 6.92 Å². The van der Waals surface area contributed by atoms with Crippen LogP contribution in [0.5, 0.6) is 0 Å². The molecule has 1 N–H and O–H groups in total. The van der Waals surface area contributed by atoms with Crippen molar-refractivity contribution in [3.63, 3.8) is 0 Å². The largest absolute Gasteiger partial charge is 0.381 e. The average Bonchev–Trinajstić information content (AvgIpc) is 2.48. The number of hydrogen-bond acceptors (Lipinski definition) is 5. The number of nitrogens with zero attached hydrogens (tertiary/aromatic N) is 1. The van der Waals surface area contributed by atoms with Crippen LogP contribution in [-0.4, -0.2) is 69.1 Å². The molecule has 0 bridgehead atoms. The zero-order valence-corrected chi connectivity index (χ0v) is 13.5. The quantitative estimate of drug-likeness (QED) is 0.783. The molecule has 2 saturated heterocycles. The summed E-state index contributed by atoms with van der Waals surface area (Å²) in [5.74, 6) is 0.251. The van der Waals surface area contributed by atoms with Gasteiger partial charge in [-0.3, -0.25) is 9.69 Å². The lowest BCUT2D eigenvalue weighted by atomic mass is 10.1. The van der Waals surface area contributed by atoms with Crippen LogP contribution >= 0.6 is 0 Å². The van der Waals surface area contributed by atoms with E-state index in [1.165, 1.54) is 0 Å². The van der Waals surface area contributed by atoms with Crippen molar-refractivity contribution in [2.45, 2.75) is 43.9 Å². The van der Waals surface area contributed by atoms with Gasteiger partial charge in [0.25, 0.3) is 0 Å². The van der Waals surface area contributed by atoms with Gasteiger partial charge in [-0.2, -0.15) is 0 Å². The first-order valence-electron chi connectivity index (χ1n) is 7.82. The lowest BCUT2D eigenvalue weighted by Crippen LogP contribution is -2.47. The molecule has 0 radical (unpaired) electrons. The van der Waals surface area contributed by atoms with Gasteiger partial charge < -0.3 is 10.1 Å². The average molecular weight is 318 g/mol. The van der Waals surface area contributed by atoms with E-state index >= 15 is 0 Å². The maximum absolute atomic E-state index is 12.0. The fourth-order valence-corrected chi connectivity index (χ4v) is 4.38. The summed E-state index contributed by atoms with van der Waals surface area (Å²) in [7, 11) is -2.94. The van der Waals surface area contributed by atoms with E-state index in [4.69, 9.17) is 4.74 Å². The van der Waals surface area contributed by atoms with Crippen LogP contribution in [0, 0.1) is 0 Å². The first-order valence-corrected chi connectivity index (χ1v) is 9.54. The summed E-state index contributed by atoms with van der Waals surface area (Å²) in [6.45, 7) is 4.87. The van der Waals surface area contributed by atoms with E-state index in [9.17, 15) is 13.2 Å². The van der Waals surface area contributed by atoms with Gasteiger partial charge >= 0.3 is 0 Å². The summed E-state index contributed by atoms with van der Waals surface area (Å²) < 4.78 is 28.9. The molecule has 1 amide bonds. The number of ether oxygens (including phenoxy) is 1. The molecule has 122 valence electrons. The maximum Gasteiger partial charge on any atom is 0.234 e. The Balaban J connectivity index is 1.71. The highest BCUT2D eigenvalue weighted by molar-refractivity contribution is 7.92. The Labute approximate surface area is 127 Å². The molecule has 0 unspecified atom stereocenters. The molecule has 2 fully saturated rings. The topological polar surface area (TPSA) is 75.7 Å². The van der Waals surface area contributed by atoms with Crippen LogP contribution in [0.3, 0.4) is 0 Å². The van der Waals surface area contributed by atoms with Crippen molar-refractivity contribution in [2.75, 3.05) is 38.6 Å². The molecule has 2 rings (SSSR count). The Hall–Kier alpha value is -0.660. The second-order valence-electron chi connectivity index (χ2n) is 5.88. The fourth-order valence-electron chi connectivity index (χ4n) is 2.98. The molecule has 0 aromatic rings. The van der Waals surface area contributed by atoms with Crippen molar-refractivity contribution in [1.82, 2.24) is 10.2 Å². The third-order valence-corrected chi connectivity index (χ3v) is 6.69. The molecule has 0 atom stereocenters. The van der Waals surface area contributed by atoms with Gasteiger partial charge in [-0.05, 0) is 38.8 Å². The summed E-state index contributed by atoms with van der Waals surface area (Å²) >= 11 is 0. The summed E-state index contributed by atoms with van der Waals surface area (Å²) in [6.07, 6.45) is 3.03. The summed E-state index contributed by atoms with van der Waals surface area (Å²) in [6, 6.07) is 0.226. The molecule has 21 heavy (non-hydrogen) atoms. The van der Waals surface area contributed by atoms with Gasteiger partial charge in [0.1, 0.15) is 0 Å². The van der Waals surface area contributed by atoms with E-state index in [1.807, 2.05) is 0 Å². The Morgan fingerprint density at radius 1 is 1.19 bits per heavy atom. The molecule has 0 aromatic carbocycles. The standard InChI is InChI=1S/C14H26N2O4S/c1-2-21(18,19)13-3-7-16(8-4-13)11-14(17)15-12-5-9-20-10-6-12/h12-13H,2-11H2,1H3,(H,15,17). The van der Waals surface area contributed by atoms with E-state index in [1.54, 1.807) is 6.92 Å². The molecular formula is C14H26N2O4S. The Morgan fingerprint density at radius 2 is 1.81 bits per heavy atom. The number of likely N-dealkylation sites (tertiary alicyclic amines) is 1. The zero-order valence-electron chi connectivity index (χ0n) is 12.7. The van der Waals surface area contributed by atoms with Crippen LogP contribution in [0.2, 0.25) is 0 Å². The van der Waals surface area contributed by atoms with Crippen LogP contribution in [-0.2, 0) is 19.4 Å². The van der Waals surface area contributed by atoms with Crippen LogP contribution in [0.15, 0.2) is 0 Å². The minimum absolute atomic E-state index is 0.0405. The van der Waals surface area contributed by atoms with Gasteiger partial charge in [-0.15, -0.1) is 0 Å². The second kappa shape index (κ2) is 7.56. The van der Waals surface area contributed by atoms with E-state index in [0.717, 1.165) is 12.8 Å². The predicted octanol–water partition coefficient (Wildman–Crippen LogP) is 0.181. The third-order valence-electron chi connectivity index (χ3n) is 4.40. The predicted molar refractivity (Wildman–Crippen MR) is 80.9 cm³/mol. The number of nitrogens with one attached hydrogen (secondary N) is 1. The van der Waals surface area contributed by atoms with Crippen LogP contribution in [0.25, 0.3) is 0 Å². The first kappa shape index (κ1) is 16.7. The summed E-state index contributed by atoms with van der Waals surface area (Å²) in [5.41, 5.74) is 0. The lowest BCUT2D eigenvalue weighted by molar-refractivity contribution is -0.123. The first-order chi connectivity index (χ1) is 10.0. The number of rotatable bonds is 5. The van der Waals surface area contributed by atoms with Crippen LogP contribution < -0.4 is 5.32 Å². The van der Waals surface area contributed by atoms with E-state index in [-0.39, 0.29) is 23.0 Å². The maximum atomic E-state index is 12.0. The number of carbonyl (C=O) groups is 1. The Bertz CT molecular complexity index is 438. The molecule has 0 saturated carbocycles. The second-order valence-corrected chi connectivity index (χ2v) is 8.45. The molecule has 2 aliphatic heterocycles. The lowest BCUT2D eigenvalue weighted by Gasteiger charge is -2.31. The molecule has 6 nitrogen and oxygen atoms in total. The SMILES string of the molecule is CCS(=O)(=O)C1CCN(CC(=O)NC2CCOCC2)CC1. The highest BCUT2D eigenvalue weighted by atomic mass is 32.2. The van der Waals surface area contributed by atoms with E-state index < -0.39 is 9.84 Å². The molecule has 0 aliphatic carbocycles. The van der Waals surface area contributed by atoms with Gasteiger partial charge in [0.2, 0.25) is 5.91 Å². The van der Waals surface area contributed by atoms with E-state index in [2.05, 4.69) is 10.2 Å². The molecule has 2 heterocycles. The number of piperidine rings is 1. The zero-order chi connectivity index (χ0) is 15.3. The van der Waals surface area contributed by atoms with Gasteiger partial charge in [0, 0.05) is 25.0 Å². The molecule has 0 aromatic heterocycles. The summed E-state index contributed by atoms with van der Waals surface area (Å²) in [4.78, 5) is 14.1. The van der Waals surface area contributed by atoms with Crippen molar-refractivity contribution in [3.05, 3.63) is 0 Å². The van der Waals surface area contributed by atoms with E-state index in [0.29, 0.717) is 45.7 Å². The minimum atomic E-state index is -2.94. The molecule has 0 spiro atoms. The van der Waals surface area contributed by atoms with Crippen molar-refractivity contribution >= 4 is 15.7 Å². The number of amides is 1.